The number of ether oxygens (including phenoxy) is 3. The van der Waals surface area contributed by atoms with Gasteiger partial charge in [0.15, 0.2) is 0 Å². The average Bonchev–Trinajstić information content (AvgIpc) is 2.57. The normalized spacial score (nSPS) is 11.0. The van der Waals surface area contributed by atoms with Crippen LogP contribution in [0.15, 0.2) is 48.7 Å². The molecule has 6 heteroatoms. The number of carbonyl (C=O) groups excluding carboxylic acids is 1. The fourth-order valence-corrected chi connectivity index (χ4v) is 2.15. The Balaban J connectivity index is 2.28. The van der Waals surface area contributed by atoms with Crippen molar-refractivity contribution in [1.29, 1.82) is 0 Å². The standard InChI is InChI=1S/C18H17FO5/c1-22-11-17(18(21)23-2)16-6-4-3-5-12(16)10-24-15-8-13(19)7-14(20)9-15/h3-9,11,20H,10H2,1-2H3. The Labute approximate surface area is 138 Å². The highest BCUT2D eigenvalue weighted by Crippen LogP contribution is 2.25. The van der Waals surface area contributed by atoms with E-state index in [4.69, 9.17) is 14.2 Å². The van der Waals surface area contributed by atoms with E-state index in [1.807, 2.05) is 0 Å². The molecule has 0 aliphatic carbocycles. The molecule has 126 valence electrons. The van der Waals surface area contributed by atoms with Crippen molar-refractivity contribution in [2.24, 2.45) is 0 Å². The molecule has 0 spiro atoms. The smallest absolute Gasteiger partial charge is 0.341 e. The van der Waals surface area contributed by atoms with Crippen molar-refractivity contribution in [2.75, 3.05) is 14.2 Å². The van der Waals surface area contributed by atoms with Gasteiger partial charge >= 0.3 is 5.97 Å². The molecule has 0 atom stereocenters. The monoisotopic (exact) mass is 332 g/mol. The summed E-state index contributed by atoms with van der Waals surface area (Å²) in [5.74, 6) is -1.20. The van der Waals surface area contributed by atoms with E-state index in [1.165, 1.54) is 26.5 Å². The third-order valence-electron chi connectivity index (χ3n) is 3.20. The molecule has 0 saturated carbocycles. The van der Waals surface area contributed by atoms with Crippen LogP contribution in [-0.4, -0.2) is 25.3 Å². The molecule has 2 aromatic rings. The number of methoxy groups -OCH3 is 2. The van der Waals surface area contributed by atoms with Crippen LogP contribution in [0.2, 0.25) is 0 Å². The van der Waals surface area contributed by atoms with E-state index in [0.717, 1.165) is 12.1 Å². The number of esters is 1. The summed E-state index contributed by atoms with van der Waals surface area (Å²) in [5.41, 5.74) is 1.49. The van der Waals surface area contributed by atoms with E-state index >= 15 is 0 Å². The maximum Gasteiger partial charge on any atom is 0.341 e. The van der Waals surface area contributed by atoms with Gasteiger partial charge in [-0.3, -0.25) is 0 Å². The van der Waals surface area contributed by atoms with Gasteiger partial charge in [0.2, 0.25) is 0 Å². The minimum Gasteiger partial charge on any atom is -0.508 e. The molecule has 0 fully saturated rings. The molecule has 0 bridgehead atoms. The molecule has 5 nitrogen and oxygen atoms in total. The highest BCUT2D eigenvalue weighted by molar-refractivity contribution is 6.16. The lowest BCUT2D eigenvalue weighted by Gasteiger charge is -2.13. The van der Waals surface area contributed by atoms with Crippen LogP contribution in [0.4, 0.5) is 4.39 Å². The Morgan fingerprint density at radius 1 is 1.21 bits per heavy atom. The molecule has 0 radical (unpaired) electrons. The van der Waals surface area contributed by atoms with Gasteiger partial charge in [0.05, 0.1) is 20.5 Å². The number of halogens is 1. The molecule has 0 heterocycles. The molecule has 2 aromatic carbocycles. The van der Waals surface area contributed by atoms with Gasteiger partial charge in [-0.1, -0.05) is 24.3 Å². The largest absolute Gasteiger partial charge is 0.508 e. The molecule has 0 saturated heterocycles. The van der Waals surface area contributed by atoms with E-state index in [-0.39, 0.29) is 23.7 Å². The predicted octanol–water partition coefficient (Wildman–Crippen LogP) is 3.27. The minimum absolute atomic E-state index is 0.0666. The molecule has 2 rings (SSSR count). The van der Waals surface area contributed by atoms with Gasteiger partial charge < -0.3 is 19.3 Å². The van der Waals surface area contributed by atoms with Gasteiger partial charge in [0.1, 0.15) is 29.5 Å². The zero-order chi connectivity index (χ0) is 17.5. The quantitative estimate of drug-likeness (QED) is 0.500. The first kappa shape index (κ1) is 17.3. The topological polar surface area (TPSA) is 65.0 Å². The number of carbonyl (C=O) groups is 1. The maximum atomic E-state index is 13.3. The lowest BCUT2D eigenvalue weighted by atomic mass is 10.0. The second kappa shape index (κ2) is 8.01. The third-order valence-corrected chi connectivity index (χ3v) is 3.20. The van der Waals surface area contributed by atoms with Crippen LogP contribution in [0.1, 0.15) is 11.1 Å². The molecule has 0 amide bonds. The molecule has 0 aromatic heterocycles. The van der Waals surface area contributed by atoms with E-state index in [0.29, 0.717) is 11.1 Å². The SMILES string of the molecule is COC=C(C(=O)OC)c1ccccc1COc1cc(O)cc(F)c1. The molecule has 24 heavy (non-hydrogen) atoms. The first-order chi connectivity index (χ1) is 11.5. The summed E-state index contributed by atoms with van der Waals surface area (Å²) in [5, 5.41) is 9.40. The van der Waals surface area contributed by atoms with E-state index in [9.17, 15) is 14.3 Å². The summed E-state index contributed by atoms with van der Waals surface area (Å²) in [4.78, 5) is 11.9. The van der Waals surface area contributed by atoms with Crippen LogP contribution in [0.3, 0.4) is 0 Å². The summed E-state index contributed by atoms with van der Waals surface area (Å²) in [7, 11) is 2.71. The molecule has 0 aliphatic rings. The Kier molecular flexibility index (Phi) is 5.78. The molecule has 1 N–H and O–H groups in total. The van der Waals surface area contributed by atoms with Crippen molar-refractivity contribution in [3.05, 3.63) is 65.7 Å². The highest BCUT2D eigenvalue weighted by atomic mass is 19.1. The number of hydrogen-bond donors (Lipinski definition) is 1. The molecular weight excluding hydrogens is 315 g/mol. The van der Waals surface area contributed by atoms with Gasteiger partial charge in [0, 0.05) is 18.2 Å². The van der Waals surface area contributed by atoms with Crippen LogP contribution < -0.4 is 4.74 Å². The van der Waals surface area contributed by atoms with Crippen molar-refractivity contribution in [1.82, 2.24) is 0 Å². The lowest BCUT2D eigenvalue weighted by Crippen LogP contribution is -2.08. The number of benzene rings is 2. The van der Waals surface area contributed by atoms with Crippen LogP contribution >= 0.6 is 0 Å². The van der Waals surface area contributed by atoms with Gasteiger partial charge in [0.25, 0.3) is 0 Å². The first-order valence-corrected chi connectivity index (χ1v) is 7.07. The number of rotatable bonds is 6. The average molecular weight is 332 g/mol. The fourth-order valence-electron chi connectivity index (χ4n) is 2.15. The summed E-state index contributed by atoms with van der Waals surface area (Å²) in [6, 6.07) is 10.5. The van der Waals surface area contributed by atoms with Crippen molar-refractivity contribution in [3.8, 4) is 11.5 Å². The molecule has 0 aliphatic heterocycles. The Hall–Kier alpha value is -3.02. The predicted molar refractivity (Wildman–Crippen MR) is 85.8 cm³/mol. The van der Waals surface area contributed by atoms with Gasteiger partial charge in [-0.15, -0.1) is 0 Å². The Morgan fingerprint density at radius 2 is 1.96 bits per heavy atom. The van der Waals surface area contributed by atoms with Crippen molar-refractivity contribution in [2.45, 2.75) is 6.61 Å². The van der Waals surface area contributed by atoms with Crippen molar-refractivity contribution in [3.63, 3.8) is 0 Å². The maximum absolute atomic E-state index is 13.3. The summed E-state index contributed by atoms with van der Waals surface area (Å²) >= 11 is 0. The van der Waals surface area contributed by atoms with Crippen LogP contribution in [-0.2, 0) is 20.9 Å². The first-order valence-electron chi connectivity index (χ1n) is 7.07. The molecule has 0 unspecified atom stereocenters. The number of phenols is 1. The Bertz CT molecular complexity index is 735. The lowest BCUT2D eigenvalue weighted by molar-refractivity contribution is -0.133. The van der Waals surface area contributed by atoms with E-state index in [1.54, 1.807) is 24.3 Å². The van der Waals surface area contributed by atoms with E-state index < -0.39 is 11.8 Å². The third kappa shape index (κ3) is 4.25. The zero-order valence-electron chi connectivity index (χ0n) is 13.3. The Morgan fingerprint density at radius 3 is 2.62 bits per heavy atom. The second-order valence-corrected chi connectivity index (χ2v) is 4.85. The van der Waals surface area contributed by atoms with Crippen LogP contribution in [0.25, 0.3) is 5.57 Å². The fraction of sp³-hybridized carbons (Fsp3) is 0.167. The highest BCUT2D eigenvalue weighted by Gasteiger charge is 2.17. The molecular formula is C18H17FO5. The number of aromatic hydroxyl groups is 1. The van der Waals surface area contributed by atoms with Crippen LogP contribution in [0.5, 0.6) is 11.5 Å². The van der Waals surface area contributed by atoms with Crippen molar-refractivity contribution >= 4 is 11.5 Å². The summed E-state index contributed by atoms with van der Waals surface area (Å²) < 4.78 is 28.5. The van der Waals surface area contributed by atoms with Gasteiger partial charge in [-0.05, 0) is 11.1 Å². The van der Waals surface area contributed by atoms with Crippen molar-refractivity contribution < 1.29 is 28.5 Å². The van der Waals surface area contributed by atoms with Crippen LogP contribution in [0, 0.1) is 5.82 Å². The van der Waals surface area contributed by atoms with E-state index in [2.05, 4.69) is 0 Å². The van der Waals surface area contributed by atoms with Gasteiger partial charge in [-0.2, -0.15) is 0 Å². The number of hydrogen-bond acceptors (Lipinski definition) is 5. The minimum atomic E-state index is -0.604. The zero-order valence-corrected chi connectivity index (χ0v) is 13.3. The summed E-state index contributed by atoms with van der Waals surface area (Å²) in [6.07, 6.45) is 1.29. The van der Waals surface area contributed by atoms with Gasteiger partial charge in [-0.25, -0.2) is 9.18 Å². The number of phenolic OH excluding ortho intramolecular Hbond substituents is 1. The second-order valence-electron chi connectivity index (χ2n) is 4.85. The summed E-state index contributed by atoms with van der Waals surface area (Å²) in [6.45, 7) is 0.0666.